The molecule has 0 aliphatic heterocycles. The van der Waals surface area contributed by atoms with Crippen LogP contribution in [0.3, 0.4) is 0 Å². The largest absolute Gasteiger partial charge is 0.327 e. The number of nitrogens with zero attached hydrogens (tertiary/aromatic N) is 1. The van der Waals surface area contributed by atoms with Crippen LogP contribution in [0.4, 0.5) is 5.69 Å². The van der Waals surface area contributed by atoms with Crippen LogP contribution >= 0.6 is 0 Å². The molecule has 3 rings (SSSR count). The van der Waals surface area contributed by atoms with Gasteiger partial charge in [-0.15, -0.1) is 0 Å². The Morgan fingerprint density at radius 1 is 1.42 bits per heavy atom. The maximum Gasteiger partial charge on any atom is 0.225 e. The minimum Gasteiger partial charge on any atom is -0.327 e. The number of hydrogen-bond donors (Lipinski definition) is 2. The number of pyridine rings is 1. The molecule has 0 saturated heterocycles. The molecule has 19 heavy (non-hydrogen) atoms. The molecule has 1 saturated carbocycles. The van der Waals surface area contributed by atoms with Crippen molar-refractivity contribution in [2.45, 2.75) is 25.3 Å². The molecule has 1 heterocycles. The van der Waals surface area contributed by atoms with Gasteiger partial charge in [0.2, 0.25) is 5.91 Å². The number of nitrogens with one attached hydrogen (secondary N) is 1. The Hall–Kier alpha value is -1.94. The molecule has 98 valence electrons. The van der Waals surface area contributed by atoms with E-state index in [1.807, 2.05) is 30.3 Å². The average Bonchev–Trinajstić information content (AvgIpc) is 3.22. The molecule has 1 amide bonds. The van der Waals surface area contributed by atoms with Gasteiger partial charge in [0.05, 0.1) is 5.52 Å². The van der Waals surface area contributed by atoms with Crippen molar-refractivity contribution < 1.29 is 4.79 Å². The van der Waals surface area contributed by atoms with Crippen molar-refractivity contribution in [1.82, 2.24) is 4.98 Å². The first-order chi connectivity index (χ1) is 9.22. The summed E-state index contributed by atoms with van der Waals surface area (Å²) in [5.41, 5.74) is 7.68. The van der Waals surface area contributed by atoms with Gasteiger partial charge in [0.1, 0.15) is 0 Å². The summed E-state index contributed by atoms with van der Waals surface area (Å²) in [5.74, 6) is 0.536. The Balaban J connectivity index is 1.68. The fourth-order valence-corrected chi connectivity index (χ4v) is 2.27. The van der Waals surface area contributed by atoms with Gasteiger partial charge in [-0.25, -0.2) is 0 Å². The number of nitrogens with two attached hydrogens (primary N) is 1. The maximum absolute atomic E-state index is 11.9. The van der Waals surface area contributed by atoms with Crippen molar-refractivity contribution in [3.8, 4) is 0 Å². The average molecular weight is 255 g/mol. The van der Waals surface area contributed by atoms with Crippen LogP contribution in [-0.4, -0.2) is 16.9 Å². The van der Waals surface area contributed by atoms with Crippen LogP contribution in [0.2, 0.25) is 0 Å². The fraction of sp³-hybridized carbons (Fsp3) is 0.333. The third kappa shape index (κ3) is 2.90. The van der Waals surface area contributed by atoms with Crippen molar-refractivity contribution in [3.63, 3.8) is 0 Å². The highest BCUT2D eigenvalue weighted by atomic mass is 16.1. The van der Waals surface area contributed by atoms with E-state index >= 15 is 0 Å². The van der Waals surface area contributed by atoms with Crippen LogP contribution in [0.15, 0.2) is 36.5 Å². The van der Waals surface area contributed by atoms with Gasteiger partial charge >= 0.3 is 0 Å². The molecule has 1 fully saturated rings. The minimum absolute atomic E-state index is 0.00197. The lowest BCUT2D eigenvalue weighted by Crippen LogP contribution is -2.28. The van der Waals surface area contributed by atoms with Gasteiger partial charge in [-0.05, 0) is 43.0 Å². The number of benzene rings is 1. The summed E-state index contributed by atoms with van der Waals surface area (Å²) in [5, 5.41) is 3.92. The van der Waals surface area contributed by atoms with Crippen molar-refractivity contribution >= 4 is 22.5 Å². The molecule has 1 unspecified atom stereocenters. The monoisotopic (exact) mass is 255 g/mol. The molecule has 1 aromatic heterocycles. The maximum atomic E-state index is 11.9. The van der Waals surface area contributed by atoms with Crippen LogP contribution < -0.4 is 11.1 Å². The Bertz CT molecular complexity index is 607. The van der Waals surface area contributed by atoms with E-state index in [9.17, 15) is 4.79 Å². The van der Waals surface area contributed by atoms with E-state index < -0.39 is 0 Å². The van der Waals surface area contributed by atoms with E-state index in [1.54, 1.807) is 6.20 Å². The highest BCUT2D eigenvalue weighted by molar-refractivity contribution is 5.93. The molecule has 2 aromatic rings. The zero-order chi connectivity index (χ0) is 13.2. The molecule has 4 nitrogen and oxygen atoms in total. The summed E-state index contributed by atoms with van der Waals surface area (Å²) in [4.78, 5) is 16.1. The Kier molecular flexibility index (Phi) is 3.17. The third-order valence-electron chi connectivity index (χ3n) is 3.54. The lowest BCUT2D eigenvalue weighted by molar-refractivity contribution is -0.116. The first-order valence-corrected chi connectivity index (χ1v) is 6.62. The minimum atomic E-state index is -0.0114. The smallest absolute Gasteiger partial charge is 0.225 e. The molecule has 1 aliphatic carbocycles. The molecular formula is C15H17N3O. The van der Waals surface area contributed by atoms with Gasteiger partial charge in [-0.3, -0.25) is 9.78 Å². The third-order valence-corrected chi connectivity index (χ3v) is 3.54. The number of carbonyl (C=O) groups excluding carboxylic acids is 1. The zero-order valence-corrected chi connectivity index (χ0v) is 10.7. The first-order valence-electron chi connectivity index (χ1n) is 6.62. The van der Waals surface area contributed by atoms with E-state index in [1.165, 1.54) is 0 Å². The second kappa shape index (κ2) is 4.97. The summed E-state index contributed by atoms with van der Waals surface area (Å²) in [6, 6.07) is 9.58. The summed E-state index contributed by atoms with van der Waals surface area (Å²) in [6.45, 7) is 0. The fourth-order valence-electron chi connectivity index (χ4n) is 2.27. The normalized spacial score (nSPS) is 16.3. The van der Waals surface area contributed by atoms with Gasteiger partial charge in [-0.2, -0.15) is 0 Å². The first kappa shape index (κ1) is 12.1. The zero-order valence-electron chi connectivity index (χ0n) is 10.7. The SMILES string of the molecule is NC(CC(=O)Nc1ccc2ncccc2c1)C1CC1. The lowest BCUT2D eigenvalue weighted by Gasteiger charge is -2.10. The van der Waals surface area contributed by atoms with Crippen LogP contribution in [0.1, 0.15) is 19.3 Å². The van der Waals surface area contributed by atoms with Crippen molar-refractivity contribution in [2.24, 2.45) is 11.7 Å². The molecule has 0 bridgehead atoms. The molecule has 3 N–H and O–H groups in total. The van der Waals surface area contributed by atoms with E-state index in [-0.39, 0.29) is 11.9 Å². The van der Waals surface area contributed by atoms with Crippen molar-refractivity contribution in [2.75, 3.05) is 5.32 Å². The number of carbonyl (C=O) groups is 1. The number of fused-ring (bicyclic) bond motifs is 1. The standard InChI is InChI=1S/C15H17N3O/c16-13(10-3-4-10)9-15(19)18-12-5-6-14-11(8-12)2-1-7-17-14/h1-2,5-8,10,13H,3-4,9,16H2,(H,18,19). The van der Waals surface area contributed by atoms with Gasteiger partial charge < -0.3 is 11.1 Å². The van der Waals surface area contributed by atoms with Crippen LogP contribution in [0, 0.1) is 5.92 Å². The molecule has 0 radical (unpaired) electrons. The van der Waals surface area contributed by atoms with Crippen LogP contribution in [0.5, 0.6) is 0 Å². The Labute approximate surface area is 112 Å². The quantitative estimate of drug-likeness (QED) is 0.880. The predicted molar refractivity (Wildman–Crippen MR) is 75.7 cm³/mol. The van der Waals surface area contributed by atoms with Crippen molar-refractivity contribution in [3.05, 3.63) is 36.5 Å². The lowest BCUT2D eigenvalue weighted by atomic mass is 10.1. The predicted octanol–water partition coefficient (Wildman–Crippen LogP) is 2.30. The summed E-state index contributed by atoms with van der Waals surface area (Å²) in [7, 11) is 0. The number of aromatic nitrogens is 1. The van der Waals surface area contributed by atoms with Crippen LogP contribution in [-0.2, 0) is 4.79 Å². The number of anilines is 1. The second-order valence-corrected chi connectivity index (χ2v) is 5.16. The van der Waals surface area contributed by atoms with E-state index in [0.29, 0.717) is 12.3 Å². The highest BCUT2D eigenvalue weighted by Crippen LogP contribution is 2.32. The van der Waals surface area contributed by atoms with Gasteiger partial charge in [0, 0.05) is 29.7 Å². The van der Waals surface area contributed by atoms with E-state index in [0.717, 1.165) is 29.4 Å². The molecular weight excluding hydrogens is 238 g/mol. The highest BCUT2D eigenvalue weighted by Gasteiger charge is 2.29. The summed E-state index contributed by atoms with van der Waals surface area (Å²) in [6.07, 6.45) is 4.48. The topological polar surface area (TPSA) is 68.0 Å². The molecule has 1 aliphatic rings. The van der Waals surface area contributed by atoms with E-state index in [4.69, 9.17) is 5.73 Å². The summed E-state index contributed by atoms with van der Waals surface area (Å²) < 4.78 is 0. The van der Waals surface area contributed by atoms with Gasteiger partial charge in [0.15, 0.2) is 0 Å². The number of rotatable bonds is 4. The number of amides is 1. The molecule has 0 spiro atoms. The van der Waals surface area contributed by atoms with Gasteiger partial charge in [-0.1, -0.05) is 6.07 Å². The van der Waals surface area contributed by atoms with Crippen molar-refractivity contribution in [1.29, 1.82) is 0 Å². The van der Waals surface area contributed by atoms with Crippen LogP contribution in [0.25, 0.3) is 10.9 Å². The molecule has 4 heteroatoms. The molecule has 1 atom stereocenters. The Morgan fingerprint density at radius 3 is 3.05 bits per heavy atom. The summed E-state index contributed by atoms with van der Waals surface area (Å²) >= 11 is 0. The van der Waals surface area contributed by atoms with Gasteiger partial charge in [0.25, 0.3) is 0 Å². The second-order valence-electron chi connectivity index (χ2n) is 5.16. The molecule has 1 aromatic carbocycles. The Morgan fingerprint density at radius 2 is 2.26 bits per heavy atom. The number of hydrogen-bond acceptors (Lipinski definition) is 3. The van der Waals surface area contributed by atoms with E-state index in [2.05, 4.69) is 10.3 Å².